The van der Waals surface area contributed by atoms with Gasteiger partial charge in [0.25, 0.3) is 0 Å². The fourth-order valence-corrected chi connectivity index (χ4v) is 2.65. The van der Waals surface area contributed by atoms with E-state index in [1.165, 1.54) is 0 Å². The summed E-state index contributed by atoms with van der Waals surface area (Å²) in [7, 11) is 3.15. The summed E-state index contributed by atoms with van der Waals surface area (Å²) in [5, 5.41) is 6.09. The first-order chi connectivity index (χ1) is 11.6. The van der Waals surface area contributed by atoms with Gasteiger partial charge in [0, 0.05) is 13.1 Å². The summed E-state index contributed by atoms with van der Waals surface area (Å²) < 4.78 is 21.8. The molecule has 1 aliphatic heterocycles. The van der Waals surface area contributed by atoms with Gasteiger partial charge in [-0.15, -0.1) is 0 Å². The molecule has 7 nitrogen and oxygen atoms in total. The first kappa shape index (κ1) is 18.4. The van der Waals surface area contributed by atoms with Crippen LogP contribution in [0.4, 0.5) is 0 Å². The Labute approximate surface area is 142 Å². The van der Waals surface area contributed by atoms with Gasteiger partial charge < -0.3 is 29.6 Å². The molecule has 2 N–H and O–H groups in total. The maximum Gasteiger partial charge on any atom is 0.240 e. The van der Waals surface area contributed by atoms with Crippen molar-refractivity contribution in [1.82, 2.24) is 10.6 Å². The highest BCUT2D eigenvalue weighted by Crippen LogP contribution is 2.38. The molecule has 0 radical (unpaired) electrons. The topological polar surface area (TPSA) is 78.1 Å². The van der Waals surface area contributed by atoms with Crippen molar-refractivity contribution in [3.05, 3.63) is 17.7 Å². The predicted molar refractivity (Wildman–Crippen MR) is 89.8 cm³/mol. The maximum atomic E-state index is 12.3. The van der Waals surface area contributed by atoms with E-state index in [4.69, 9.17) is 18.9 Å². The molecule has 0 spiro atoms. The van der Waals surface area contributed by atoms with Crippen molar-refractivity contribution >= 4 is 5.91 Å². The number of methoxy groups -OCH3 is 2. The van der Waals surface area contributed by atoms with Gasteiger partial charge in [0.2, 0.25) is 11.7 Å². The van der Waals surface area contributed by atoms with Gasteiger partial charge in [0.1, 0.15) is 6.04 Å². The van der Waals surface area contributed by atoms with E-state index < -0.39 is 0 Å². The highest BCUT2D eigenvalue weighted by atomic mass is 16.5. The van der Waals surface area contributed by atoms with E-state index in [-0.39, 0.29) is 18.1 Å². The molecule has 1 saturated heterocycles. The van der Waals surface area contributed by atoms with E-state index in [9.17, 15) is 4.79 Å². The van der Waals surface area contributed by atoms with Crippen LogP contribution in [0.1, 0.15) is 19.4 Å². The van der Waals surface area contributed by atoms with Crippen LogP contribution < -0.4 is 24.8 Å². The number of carbonyl (C=O) groups excluding carboxylic acids is 1. The second kappa shape index (κ2) is 8.75. The minimum absolute atomic E-state index is 0.0889. The molecule has 1 aromatic rings. The van der Waals surface area contributed by atoms with E-state index in [0.717, 1.165) is 5.56 Å². The standard InChI is InChI=1S/C17H26N2O5/c1-5-23-16-13(21-3)8-12(9-14(16)22-4)10-19-17(20)15-11(2)24-7-6-18-15/h8-9,11,15,18H,5-7,10H2,1-4H3,(H,19,20)/t11-,15+/m1/s1. The number of carbonyl (C=O) groups is 1. The molecular weight excluding hydrogens is 312 g/mol. The average Bonchev–Trinajstić information content (AvgIpc) is 2.60. The molecule has 0 bridgehead atoms. The first-order valence-corrected chi connectivity index (χ1v) is 8.11. The van der Waals surface area contributed by atoms with Crippen LogP contribution in [-0.4, -0.2) is 52.0 Å². The molecule has 2 atom stereocenters. The molecule has 1 aromatic carbocycles. The summed E-state index contributed by atoms with van der Waals surface area (Å²) in [6.45, 7) is 5.95. The zero-order valence-corrected chi connectivity index (χ0v) is 14.7. The Morgan fingerprint density at radius 3 is 2.54 bits per heavy atom. The lowest BCUT2D eigenvalue weighted by molar-refractivity contribution is -0.129. The first-order valence-electron chi connectivity index (χ1n) is 8.11. The van der Waals surface area contributed by atoms with Crippen LogP contribution in [-0.2, 0) is 16.1 Å². The van der Waals surface area contributed by atoms with Gasteiger partial charge >= 0.3 is 0 Å². The molecule has 1 aliphatic rings. The van der Waals surface area contributed by atoms with Crippen LogP contribution >= 0.6 is 0 Å². The normalized spacial score (nSPS) is 20.3. The minimum Gasteiger partial charge on any atom is -0.493 e. The monoisotopic (exact) mass is 338 g/mol. The summed E-state index contributed by atoms with van der Waals surface area (Å²) in [6.07, 6.45) is -0.150. The molecule has 1 heterocycles. The highest BCUT2D eigenvalue weighted by molar-refractivity contribution is 5.82. The fourth-order valence-electron chi connectivity index (χ4n) is 2.65. The number of ether oxygens (including phenoxy) is 4. The zero-order valence-electron chi connectivity index (χ0n) is 14.7. The van der Waals surface area contributed by atoms with E-state index >= 15 is 0 Å². The number of amides is 1. The molecule has 0 aromatic heterocycles. The Bertz CT molecular complexity index is 539. The van der Waals surface area contributed by atoms with Crippen LogP contribution in [0.15, 0.2) is 12.1 Å². The van der Waals surface area contributed by atoms with Crippen LogP contribution in [0.2, 0.25) is 0 Å². The van der Waals surface area contributed by atoms with Crippen LogP contribution in [0.25, 0.3) is 0 Å². The number of nitrogens with one attached hydrogen (secondary N) is 2. The number of hydrogen-bond donors (Lipinski definition) is 2. The minimum atomic E-state index is -0.342. The van der Waals surface area contributed by atoms with Gasteiger partial charge in [-0.05, 0) is 31.5 Å². The van der Waals surface area contributed by atoms with E-state index in [1.54, 1.807) is 14.2 Å². The molecule has 7 heteroatoms. The number of hydrogen-bond acceptors (Lipinski definition) is 6. The van der Waals surface area contributed by atoms with E-state index in [2.05, 4.69) is 10.6 Å². The highest BCUT2D eigenvalue weighted by Gasteiger charge is 2.28. The summed E-state index contributed by atoms with van der Waals surface area (Å²) in [5.74, 6) is 1.63. The predicted octanol–water partition coefficient (Wildman–Crippen LogP) is 1.10. The summed E-state index contributed by atoms with van der Waals surface area (Å²) in [5.41, 5.74) is 0.866. The third kappa shape index (κ3) is 4.30. The van der Waals surface area contributed by atoms with Crippen molar-refractivity contribution < 1.29 is 23.7 Å². The van der Waals surface area contributed by atoms with Crippen molar-refractivity contribution in [3.8, 4) is 17.2 Å². The van der Waals surface area contributed by atoms with Crippen molar-refractivity contribution in [3.63, 3.8) is 0 Å². The fraction of sp³-hybridized carbons (Fsp3) is 0.588. The lowest BCUT2D eigenvalue weighted by Gasteiger charge is -2.29. The van der Waals surface area contributed by atoms with Gasteiger partial charge in [0.15, 0.2) is 11.5 Å². The molecule has 134 valence electrons. The lowest BCUT2D eigenvalue weighted by atomic mass is 10.1. The third-order valence-corrected chi connectivity index (χ3v) is 3.87. The molecule has 1 amide bonds. The van der Waals surface area contributed by atoms with Gasteiger partial charge in [0.05, 0.1) is 33.5 Å². The Morgan fingerprint density at radius 2 is 2.00 bits per heavy atom. The molecule has 0 saturated carbocycles. The quantitative estimate of drug-likeness (QED) is 0.775. The molecule has 0 unspecified atom stereocenters. The molecule has 1 fully saturated rings. The van der Waals surface area contributed by atoms with Crippen LogP contribution in [0.3, 0.4) is 0 Å². The van der Waals surface area contributed by atoms with Crippen molar-refractivity contribution in [1.29, 1.82) is 0 Å². The van der Waals surface area contributed by atoms with Gasteiger partial charge in [-0.3, -0.25) is 4.79 Å². The largest absolute Gasteiger partial charge is 0.493 e. The number of benzene rings is 1. The van der Waals surface area contributed by atoms with Gasteiger partial charge in [-0.1, -0.05) is 0 Å². The van der Waals surface area contributed by atoms with Gasteiger partial charge in [-0.2, -0.15) is 0 Å². The molecule has 0 aliphatic carbocycles. The Balaban J connectivity index is 2.07. The van der Waals surface area contributed by atoms with Gasteiger partial charge in [-0.25, -0.2) is 0 Å². The van der Waals surface area contributed by atoms with Crippen LogP contribution in [0.5, 0.6) is 17.2 Å². The van der Waals surface area contributed by atoms with E-state index in [0.29, 0.717) is 43.6 Å². The summed E-state index contributed by atoms with van der Waals surface area (Å²) >= 11 is 0. The Morgan fingerprint density at radius 1 is 1.33 bits per heavy atom. The molecule has 24 heavy (non-hydrogen) atoms. The Kier molecular flexibility index (Phi) is 6.69. The van der Waals surface area contributed by atoms with Crippen molar-refractivity contribution in [2.75, 3.05) is 34.0 Å². The summed E-state index contributed by atoms with van der Waals surface area (Å²) in [4.78, 5) is 12.3. The second-order valence-corrected chi connectivity index (χ2v) is 5.49. The maximum absolute atomic E-state index is 12.3. The third-order valence-electron chi connectivity index (χ3n) is 3.87. The zero-order chi connectivity index (χ0) is 17.5. The molecule has 2 rings (SSSR count). The summed E-state index contributed by atoms with van der Waals surface area (Å²) in [6, 6.07) is 3.33. The van der Waals surface area contributed by atoms with Crippen molar-refractivity contribution in [2.45, 2.75) is 32.5 Å². The van der Waals surface area contributed by atoms with Crippen LogP contribution in [0, 0.1) is 0 Å². The second-order valence-electron chi connectivity index (χ2n) is 5.49. The Hall–Kier alpha value is -1.99. The molecular formula is C17H26N2O5. The SMILES string of the molecule is CCOc1c(OC)cc(CNC(=O)[C@H]2NCCO[C@@H]2C)cc1OC. The number of rotatable bonds is 7. The smallest absolute Gasteiger partial charge is 0.240 e. The lowest BCUT2D eigenvalue weighted by Crippen LogP contribution is -2.55. The van der Waals surface area contributed by atoms with E-state index in [1.807, 2.05) is 26.0 Å². The van der Waals surface area contributed by atoms with Crippen molar-refractivity contribution in [2.24, 2.45) is 0 Å². The average molecular weight is 338 g/mol. The number of morpholine rings is 1.